The van der Waals surface area contributed by atoms with E-state index in [-0.39, 0.29) is 5.91 Å². The van der Waals surface area contributed by atoms with Gasteiger partial charge in [-0.25, -0.2) is 0 Å². The number of hydrogen-bond acceptors (Lipinski definition) is 4. The molecule has 5 nitrogen and oxygen atoms in total. The van der Waals surface area contributed by atoms with Gasteiger partial charge in [0.15, 0.2) is 0 Å². The van der Waals surface area contributed by atoms with E-state index in [4.69, 9.17) is 9.47 Å². The smallest absolute Gasteiger partial charge is 0.224 e. The molecule has 3 aromatic rings. The molecule has 0 bridgehead atoms. The van der Waals surface area contributed by atoms with Gasteiger partial charge in [0.05, 0.1) is 7.11 Å². The van der Waals surface area contributed by atoms with Crippen molar-refractivity contribution in [3.8, 4) is 11.5 Å². The first kappa shape index (κ1) is 25.2. The molecule has 0 unspecified atom stereocenters. The molecule has 194 valence electrons. The first-order valence-corrected chi connectivity index (χ1v) is 13.7. The van der Waals surface area contributed by atoms with Crippen molar-refractivity contribution >= 4 is 23.0 Å². The van der Waals surface area contributed by atoms with E-state index in [2.05, 4.69) is 22.8 Å². The summed E-state index contributed by atoms with van der Waals surface area (Å²) in [5.74, 6) is 3.12. The van der Waals surface area contributed by atoms with Crippen molar-refractivity contribution < 1.29 is 14.3 Å². The lowest BCUT2D eigenvalue weighted by molar-refractivity contribution is -0.116. The molecule has 2 aliphatic carbocycles. The number of carbonyl (C=O) groups is 1. The van der Waals surface area contributed by atoms with E-state index in [9.17, 15) is 4.79 Å². The molecule has 2 aliphatic rings. The van der Waals surface area contributed by atoms with Crippen LogP contribution in [0.15, 0.2) is 66.7 Å². The molecular weight excluding hydrogens is 460 g/mol. The van der Waals surface area contributed by atoms with E-state index < -0.39 is 0 Å². The second kappa shape index (κ2) is 12.2. The Balaban J connectivity index is 1.19. The molecule has 1 amide bonds. The Labute approximate surface area is 220 Å². The molecule has 0 aromatic heterocycles. The van der Waals surface area contributed by atoms with Gasteiger partial charge in [-0.1, -0.05) is 50.3 Å². The van der Waals surface area contributed by atoms with Crippen molar-refractivity contribution in [1.29, 1.82) is 0 Å². The van der Waals surface area contributed by atoms with E-state index in [1.807, 2.05) is 54.6 Å². The van der Waals surface area contributed by atoms with Crippen LogP contribution in [0.5, 0.6) is 11.5 Å². The zero-order chi connectivity index (χ0) is 25.5. The minimum absolute atomic E-state index is 0.111. The Morgan fingerprint density at radius 2 is 1.62 bits per heavy atom. The lowest BCUT2D eigenvalue weighted by Crippen LogP contribution is -2.14. The Bertz CT molecular complexity index is 1180. The lowest BCUT2D eigenvalue weighted by Gasteiger charge is -2.21. The van der Waals surface area contributed by atoms with Crippen LogP contribution in [0.1, 0.15) is 74.8 Å². The molecule has 2 fully saturated rings. The highest BCUT2D eigenvalue weighted by atomic mass is 16.5. The summed E-state index contributed by atoms with van der Waals surface area (Å²) < 4.78 is 11.3. The van der Waals surface area contributed by atoms with Crippen molar-refractivity contribution in [3.05, 3.63) is 77.9 Å². The van der Waals surface area contributed by atoms with E-state index in [1.54, 1.807) is 7.11 Å². The average Bonchev–Trinajstić information content (AvgIpc) is 3.78. The molecule has 2 saturated carbocycles. The van der Waals surface area contributed by atoms with Crippen LogP contribution in [0.2, 0.25) is 0 Å². The number of anilines is 3. The standard InChI is InChI=1S/C32H38N2O3/c1-36-28-15-10-24(11-16-28)22-37-29-17-18-31(30(21-29)25-13-14-25)33-26-8-5-9-27(20-26)34-32(35)19-12-23-6-3-2-4-7-23/h5,8-11,15-18,20-21,23,25,33H,2-4,6-7,12-14,19,22H2,1H3,(H,34,35). The summed E-state index contributed by atoms with van der Waals surface area (Å²) in [5, 5.41) is 6.68. The highest BCUT2D eigenvalue weighted by Crippen LogP contribution is 2.45. The Hall–Kier alpha value is -3.47. The summed E-state index contributed by atoms with van der Waals surface area (Å²) in [6.07, 6.45) is 10.6. The first-order chi connectivity index (χ1) is 18.2. The van der Waals surface area contributed by atoms with Crippen LogP contribution in [0.4, 0.5) is 17.1 Å². The molecule has 5 heteroatoms. The zero-order valence-electron chi connectivity index (χ0n) is 21.8. The SMILES string of the molecule is COc1ccc(COc2ccc(Nc3cccc(NC(=O)CCC4CCCCC4)c3)c(C3CC3)c2)cc1. The van der Waals surface area contributed by atoms with Gasteiger partial charge in [-0.3, -0.25) is 4.79 Å². The van der Waals surface area contributed by atoms with Crippen LogP contribution in [0.3, 0.4) is 0 Å². The molecule has 0 aliphatic heterocycles. The highest BCUT2D eigenvalue weighted by molar-refractivity contribution is 5.91. The fourth-order valence-corrected chi connectivity index (χ4v) is 5.23. The Kier molecular flexibility index (Phi) is 8.29. The van der Waals surface area contributed by atoms with Crippen LogP contribution >= 0.6 is 0 Å². The topological polar surface area (TPSA) is 59.6 Å². The van der Waals surface area contributed by atoms with Gasteiger partial charge in [0.1, 0.15) is 18.1 Å². The molecule has 0 spiro atoms. The first-order valence-electron chi connectivity index (χ1n) is 13.7. The van der Waals surface area contributed by atoms with Crippen molar-refractivity contribution in [1.82, 2.24) is 0 Å². The van der Waals surface area contributed by atoms with Crippen LogP contribution in [0.25, 0.3) is 0 Å². The second-order valence-electron chi connectivity index (χ2n) is 10.5. The van der Waals surface area contributed by atoms with Gasteiger partial charge in [-0.2, -0.15) is 0 Å². The Morgan fingerprint density at radius 3 is 2.38 bits per heavy atom. The quantitative estimate of drug-likeness (QED) is 0.280. The number of hydrogen-bond donors (Lipinski definition) is 2. The molecule has 37 heavy (non-hydrogen) atoms. The van der Waals surface area contributed by atoms with E-state index >= 15 is 0 Å². The molecular formula is C32H38N2O3. The molecule has 0 atom stereocenters. The monoisotopic (exact) mass is 498 g/mol. The van der Waals surface area contributed by atoms with Crippen LogP contribution < -0.4 is 20.1 Å². The maximum absolute atomic E-state index is 12.6. The fourth-order valence-electron chi connectivity index (χ4n) is 5.23. The van der Waals surface area contributed by atoms with Gasteiger partial charge in [0.2, 0.25) is 5.91 Å². The van der Waals surface area contributed by atoms with Crippen LogP contribution in [-0.2, 0) is 11.4 Å². The largest absolute Gasteiger partial charge is 0.497 e. The van der Waals surface area contributed by atoms with Gasteiger partial charge >= 0.3 is 0 Å². The normalized spacial score (nSPS) is 15.7. The lowest BCUT2D eigenvalue weighted by atomic mass is 9.86. The minimum atomic E-state index is 0.111. The van der Waals surface area contributed by atoms with E-state index in [0.29, 0.717) is 18.9 Å². The maximum Gasteiger partial charge on any atom is 0.224 e. The second-order valence-corrected chi connectivity index (χ2v) is 10.5. The Morgan fingerprint density at radius 1 is 0.865 bits per heavy atom. The summed E-state index contributed by atoms with van der Waals surface area (Å²) in [6, 6.07) is 22.3. The average molecular weight is 499 g/mol. The van der Waals surface area contributed by atoms with Crippen molar-refractivity contribution in [2.45, 2.75) is 70.3 Å². The van der Waals surface area contributed by atoms with E-state index in [1.165, 1.54) is 50.5 Å². The number of amides is 1. The van der Waals surface area contributed by atoms with Gasteiger partial charge < -0.3 is 20.1 Å². The minimum Gasteiger partial charge on any atom is -0.497 e. The number of carbonyl (C=O) groups excluding carboxylic acids is 1. The van der Waals surface area contributed by atoms with Gasteiger partial charge in [0, 0.05) is 23.5 Å². The van der Waals surface area contributed by atoms with Crippen molar-refractivity contribution in [2.75, 3.05) is 17.7 Å². The summed E-state index contributed by atoms with van der Waals surface area (Å²) in [5.41, 5.74) is 5.30. The third kappa shape index (κ3) is 7.28. The van der Waals surface area contributed by atoms with Gasteiger partial charge in [-0.15, -0.1) is 0 Å². The molecule has 0 heterocycles. The third-order valence-electron chi connectivity index (χ3n) is 7.53. The van der Waals surface area contributed by atoms with E-state index in [0.717, 1.165) is 46.5 Å². The summed E-state index contributed by atoms with van der Waals surface area (Å²) in [4.78, 5) is 12.6. The predicted octanol–water partition coefficient (Wildman–Crippen LogP) is 8.19. The van der Waals surface area contributed by atoms with Crippen molar-refractivity contribution in [3.63, 3.8) is 0 Å². The summed E-state index contributed by atoms with van der Waals surface area (Å²) in [6.45, 7) is 0.517. The third-order valence-corrected chi connectivity index (χ3v) is 7.53. The van der Waals surface area contributed by atoms with Crippen LogP contribution in [-0.4, -0.2) is 13.0 Å². The molecule has 2 N–H and O–H groups in total. The highest BCUT2D eigenvalue weighted by Gasteiger charge is 2.27. The molecule has 0 saturated heterocycles. The zero-order valence-corrected chi connectivity index (χ0v) is 21.8. The van der Waals surface area contributed by atoms with Crippen molar-refractivity contribution in [2.24, 2.45) is 5.92 Å². The van der Waals surface area contributed by atoms with Gasteiger partial charge in [-0.05, 0) is 90.8 Å². The molecule has 5 rings (SSSR count). The predicted molar refractivity (Wildman–Crippen MR) is 150 cm³/mol. The molecule has 3 aromatic carbocycles. The number of nitrogens with one attached hydrogen (secondary N) is 2. The van der Waals surface area contributed by atoms with Gasteiger partial charge in [0.25, 0.3) is 0 Å². The number of ether oxygens (including phenoxy) is 2. The van der Waals surface area contributed by atoms with Crippen LogP contribution in [0, 0.1) is 5.92 Å². The molecule has 0 radical (unpaired) electrons. The number of benzene rings is 3. The fraction of sp³-hybridized carbons (Fsp3) is 0.406. The number of rotatable bonds is 11. The summed E-state index contributed by atoms with van der Waals surface area (Å²) in [7, 11) is 1.67. The number of methoxy groups -OCH3 is 1. The maximum atomic E-state index is 12.6. The summed E-state index contributed by atoms with van der Waals surface area (Å²) >= 11 is 0.